The number of rotatable bonds is 0. The standard InChI is InChI=1S/3C3H7NS2.3Na/c3*1-4(2)3(5)6;;;/h3*1-2H3,(H,5,6);;;/q;;;3*+1/p-3. The van der Waals surface area contributed by atoms with Crippen LogP contribution in [0, 0.1) is 0 Å². The average molecular weight is 430 g/mol. The first-order chi connectivity index (χ1) is 7.93. The van der Waals surface area contributed by atoms with Crippen LogP contribution in [0.2, 0.25) is 0 Å². The van der Waals surface area contributed by atoms with Crippen molar-refractivity contribution in [3.05, 3.63) is 0 Å². The van der Waals surface area contributed by atoms with Crippen molar-refractivity contribution in [1.29, 1.82) is 0 Å². The SMILES string of the molecule is CN(C)C(=S)[S-].CN(C)C(=S)[S-].CN(C)C(=S)[S-].[Na+].[Na+].[Na+]. The fraction of sp³-hybridized carbons (Fsp3) is 0.667. The third-order valence-electron chi connectivity index (χ3n) is 1.10. The van der Waals surface area contributed by atoms with Crippen LogP contribution in [-0.4, -0.2) is 69.9 Å². The first-order valence-electron chi connectivity index (χ1n) is 4.58. The molecule has 3 nitrogen and oxygen atoms in total. The van der Waals surface area contributed by atoms with Gasteiger partial charge in [0.25, 0.3) is 0 Å². The van der Waals surface area contributed by atoms with Crippen LogP contribution < -0.4 is 88.7 Å². The van der Waals surface area contributed by atoms with Crippen LogP contribution in [0.3, 0.4) is 0 Å². The van der Waals surface area contributed by atoms with Crippen molar-refractivity contribution >= 4 is 87.5 Å². The molecule has 0 aliphatic heterocycles. The smallest absolute Gasteiger partial charge is 0.411 e. The van der Waals surface area contributed by atoms with Gasteiger partial charge in [0.05, 0.1) is 0 Å². The Morgan fingerprint density at radius 1 is 0.524 bits per heavy atom. The molecule has 0 amide bonds. The van der Waals surface area contributed by atoms with Gasteiger partial charge in [0.15, 0.2) is 0 Å². The summed E-state index contributed by atoms with van der Waals surface area (Å²) in [6.45, 7) is 0. The van der Waals surface area contributed by atoms with Gasteiger partial charge in [0.1, 0.15) is 0 Å². The minimum absolute atomic E-state index is 0. The Hall–Kier alpha value is 3.33. The van der Waals surface area contributed by atoms with E-state index in [2.05, 4.69) is 74.5 Å². The molecule has 0 aromatic heterocycles. The van der Waals surface area contributed by atoms with E-state index in [1.807, 2.05) is 42.3 Å². The maximum Gasteiger partial charge on any atom is 1.00 e. The Balaban J connectivity index is -0.0000000375. The van der Waals surface area contributed by atoms with E-state index in [4.69, 9.17) is 0 Å². The Labute approximate surface area is 229 Å². The molecule has 0 atom stereocenters. The summed E-state index contributed by atoms with van der Waals surface area (Å²) < 4.78 is 1.53. The molecule has 21 heavy (non-hydrogen) atoms. The number of thiocarbonyl (C=S) groups is 3. The molecule has 0 aliphatic carbocycles. The molecular formula is C9H18N3Na3S6. The molecule has 0 saturated heterocycles. The minimum Gasteiger partial charge on any atom is -0.411 e. The number of hydrogen-bond donors (Lipinski definition) is 0. The quantitative estimate of drug-likeness (QED) is 0.209. The summed E-state index contributed by atoms with van der Waals surface area (Å²) in [6, 6.07) is 0. The molecule has 0 aromatic rings. The minimum atomic E-state index is 0. The molecule has 0 rings (SSSR count). The molecule has 0 aliphatic rings. The van der Waals surface area contributed by atoms with Gasteiger partial charge in [-0.15, -0.1) is 0 Å². The van der Waals surface area contributed by atoms with Gasteiger partial charge in [-0.2, -0.15) is 0 Å². The molecule has 0 aromatic carbocycles. The molecule has 0 radical (unpaired) electrons. The van der Waals surface area contributed by atoms with Gasteiger partial charge in [-0.3, -0.25) is 0 Å². The van der Waals surface area contributed by atoms with Crippen molar-refractivity contribution in [2.24, 2.45) is 0 Å². The van der Waals surface area contributed by atoms with Crippen LogP contribution in [0.15, 0.2) is 0 Å². The zero-order chi connectivity index (χ0) is 15.5. The van der Waals surface area contributed by atoms with Crippen LogP contribution in [0.5, 0.6) is 0 Å². The summed E-state index contributed by atoms with van der Waals surface area (Å²) in [6.07, 6.45) is 0. The Bertz CT molecular complexity index is 235. The van der Waals surface area contributed by atoms with Gasteiger partial charge in [0.2, 0.25) is 0 Å². The summed E-state index contributed by atoms with van der Waals surface area (Å²) in [5, 5.41) is 0. The largest absolute Gasteiger partial charge is 1.00 e. The van der Waals surface area contributed by atoms with Crippen molar-refractivity contribution < 1.29 is 88.7 Å². The molecule has 0 N–H and O–H groups in total. The molecule has 108 valence electrons. The van der Waals surface area contributed by atoms with Crippen LogP contribution in [0.1, 0.15) is 0 Å². The third kappa shape index (κ3) is 45.2. The van der Waals surface area contributed by atoms with Crippen LogP contribution in [0.25, 0.3) is 0 Å². The predicted octanol–water partition coefficient (Wildman–Crippen LogP) is -7.85. The first-order valence-corrected chi connectivity index (χ1v) is 7.03. The van der Waals surface area contributed by atoms with Crippen LogP contribution >= 0.6 is 36.7 Å². The van der Waals surface area contributed by atoms with Gasteiger partial charge < -0.3 is 89.2 Å². The Kier molecular flexibility index (Phi) is 48.0. The molecule has 0 saturated carbocycles. The molecule has 0 unspecified atom stereocenters. The second-order valence-electron chi connectivity index (χ2n) is 3.48. The number of hydrogen-bond acceptors (Lipinski definition) is 6. The summed E-state index contributed by atoms with van der Waals surface area (Å²) in [5.41, 5.74) is 0. The predicted molar refractivity (Wildman–Crippen MR) is 101 cm³/mol. The molecule has 0 fully saturated rings. The summed E-state index contributed by atoms with van der Waals surface area (Å²) >= 11 is 27.4. The van der Waals surface area contributed by atoms with Crippen molar-refractivity contribution in [1.82, 2.24) is 14.7 Å². The summed E-state index contributed by atoms with van der Waals surface area (Å²) in [7, 11) is 11.0. The molecule has 0 heterocycles. The zero-order valence-corrected chi connectivity index (χ0v) is 25.2. The average Bonchev–Trinajstić information content (AvgIpc) is 2.18. The summed E-state index contributed by atoms with van der Waals surface area (Å²) in [4.78, 5) is 5.14. The molecule has 0 bridgehead atoms. The monoisotopic (exact) mass is 429 g/mol. The van der Waals surface area contributed by atoms with Gasteiger partial charge in [-0.05, 0) is 0 Å². The van der Waals surface area contributed by atoms with E-state index in [-0.39, 0.29) is 88.7 Å². The fourth-order valence-electron chi connectivity index (χ4n) is 0. The van der Waals surface area contributed by atoms with Gasteiger partial charge in [0, 0.05) is 42.3 Å². The van der Waals surface area contributed by atoms with E-state index in [0.717, 1.165) is 0 Å². The zero-order valence-electron chi connectivity index (χ0n) is 14.3. The Morgan fingerprint density at radius 2 is 0.571 bits per heavy atom. The van der Waals surface area contributed by atoms with Gasteiger partial charge >= 0.3 is 88.7 Å². The maximum atomic E-state index is 4.56. The van der Waals surface area contributed by atoms with Crippen LogP contribution in [0.4, 0.5) is 0 Å². The van der Waals surface area contributed by atoms with E-state index in [1.165, 1.54) is 0 Å². The first kappa shape index (κ1) is 39.4. The van der Waals surface area contributed by atoms with E-state index in [9.17, 15) is 0 Å². The van der Waals surface area contributed by atoms with Crippen molar-refractivity contribution in [2.75, 3.05) is 42.3 Å². The van der Waals surface area contributed by atoms with Crippen molar-refractivity contribution in [3.8, 4) is 0 Å². The number of nitrogens with zero attached hydrogens (tertiary/aromatic N) is 3. The Morgan fingerprint density at radius 3 is 0.571 bits per heavy atom. The van der Waals surface area contributed by atoms with E-state index in [1.54, 1.807) is 14.7 Å². The van der Waals surface area contributed by atoms with Gasteiger partial charge in [-0.25, -0.2) is 0 Å². The topological polar surface area (TPSA) is 9.72 Å². The van der Waals surface area contributed by atoms with E-state index < -0.39 is 0 Å². The van der Waals surface area contributed by atoms with Gasteiger partial charge in [-0.1, -0.05) is 13.0 Å². The normalized spacial score (nSPS) is 6.57. The van der Waals surface area contributed by atoms with Crippen molar-refractivity contribution in [3.63, 3.8) is 0 Å². The maximum absolute atomic E-state index is 4.56. The van der Waals surface area contributed by atoms with E-state index >= 15 is 0 Å². The summed E-state index contributed by atoms with van der Waals surface area (Å²) in [5.74, 6) is 0. The second kappa shape index (κ2) is 25.6. The second-order valence-corrected chi connectivity index (χ2v) is 6.58. The van der Waals surface area contributed by atoms with Crippen molar-refractivity contribution in [2.45, 2.75) is 0 Å². The van der Waals surface area contributed by atoms with E-state index in [0.29, 0.717) is 13.0 Å². The van der Waals surface area contributed by atoms with Crippen LogP contribution in [-0.2, 0) is 37.9 Å². The fourth-order valence-corrected chi connectivity index (χ4v) is 0. The molecule has 0 spiro atoms. The third-order valence-corrected chi connectivity index (χ3v) is 3.29. The molecule has 12 heteroatoms. The molecular weight excluding hydrogens is 411 g/mol.